The lowest BCUT2D eigenvalue weighted by molar-refractivity contribution is 0.0216. The quantitative estimate of drug-likeness (QED) is 0.939. The predicted octanol–water partition coefficient (Wildman–Crippen LogP) is 2.52. The Morgan fingerprint density at radius 1 is 1.43 bits per heavy atom. The van der Waals surface area contributed by atoms with E-state index in [1.807, 2.05) is 17.5 Å². The van der Waals surface area contributed by atoms with E-state index in [1.54, 1.807) is 18.4 Å². The molecule has 0 aliphatic carbocycles. The smallest absolute Gasteiger partial charge is 0.270 e. The van der Waals surface area contributed by atoms with E-state index in [0.29, 0.717) is 23.5 Å². The molecule has 3 fully saturated rings. The van der Waals surface area contributed by atoms with Crippen LogP contribution in [-0.2, 0) is 0 Å². The van der Waals surface area contributed by atoms with Crippen LogP contribution < -0.4 is 10.1 Å². The zero-order chi connectivity index (χ0) is 16.0. The van der Waals surface area contributed by atoms with Gasteiger partial charge in [0.15, 0.2) is 0 Å². The fourth-order valence-corrected chi connectivity index (χ4v) is 4.79. The molecule has 122 valence electrons. The van der Waals surface area contributed by atoms with Gasteiger partial charge in [0.05, 0.1) is 12.5 Å². The van der Waals surface area contributed by atoms with Gasteiger partial charge in [0.25, 0.3) is 5.91 Å². The third kappa shape index (κ3) is 2.50. The van der Waals surface area contributed by atoms with Gasteiger partial charge in [-0.1, -0.05) is 0 Å². The lowest BCUT2D eigenvalue weighted by Gasteiger charge is -2.49. The Labute approximate surface area is 139 Å². The number of aromatic nitrogens is 1. The molecule has 0 unspecified atom stereocenters. The molecule has 5 heterocycles. The van der Waals surface area contributed by atoms with E-state index in [0.717, 1.165) is 23.2 Å². The molecule has 1 N–H and O–H groups in total. The molecule has 2 atom stereocenters. The van der Waals surface area contributed by atoms with Crippen molar-refractivity contribution in [3.8, 4) is 5.88 Å². The Hall–Kier alpha value is -1.66. The molecule has 2 aromatic rings. The Kier molecular flexibility index (Phi) is 3.73. The third-order valence-corrected chi connectivity index (χ3v) is 6.18. The number of fused-ring (bicyclic) bond motifs is 4. The Bertz CT molecular complexity index is 735. The van der Waals surface area contributed by atoms with Gasteiger partial charge < -0.3 is 10.1 Å². The van der Waals surface area contributed by atoms with E-state index in [4.69, 9.17) is 4.74 Å². The summed E-state index contributed by atoms with van der Waals surface area (Å²) >= 11 is 1.60. The van der Waals surface area contributed by atoms with Crippen molar-refractivity contribution in [3.63, 3.8) is 0 Å². The molecule has 3 aliphatic heterocycles. The summed E-state index contributed by atoms with van der Waals surface area (Å²) in [6.45, 7) is 4.53. The van der Waals surface area contributed by atoms with Gasteiger partial charge >= 0.3 is 0 Å². The number of hydrogen-bond donors (Lipinski definition) is 1. The maximum atomic E-state index is 12.7. The normalized spacial score (nSPS) is 29.7. The molecule has 0 spiro atoms. The number of pyridine rings is 1. The number of carbonyl (C=O) groups excluding carboxylic acids is 1. The summed E-state index contributed by atoms with van der Waals surface area (Å²) in [5, 5.41) is 6.19. The first kappa shape index (κ1) is 14.9. The summed E-state index contributed by atoms with van der Waals surface area (Å²) in [6.07, 6.45) is 2.35. The molecule has 0 radical (unpaired) electrons. The van der Waals surface area contributed by atoms with Crippen LogP contribution in [0, 0.1) is 5.92 Å². The first-order valence-electron chi connectivity index (χ1n) is 8.14. The molecule has 2 bridgehead atoms. The van der Waals surface area contributed by atoms with Crippen LogP contribution in [0.15, 0.2) is 17.5 Å². The number of thiophene rings is 1. The Balaban J connectivity index is 1.59. The molecule has 0 aromatic carbocycles. The highest BCUT2D eigenvalue weighted by Gasteiger charge is 2.40. The molecule has 3 aliphatic rings. The highest BCUT2D eigenvalue weighted by molar-refractivity contribution is 7.17. The number of amides is 1. The number of nitrogens with one attached hydrogen (secondary N) is 1. The molecule has 2 aromatic heterocycles. The highest BCUT2D eigenvalue weighted by atomic mass is 32.1. The number of nitrogens with zero attached hydrogens (tertiary/aromatic N) is 2. The summed E-state index contributed by atoms with van der Waals surface area (Å²) < 4.78 is 6.38. The van der Waals surface area contributed by atoms with Crippen molar-refractivity contribution in [1.82, 2.24) is 15.2 Å². The van der Waals surface area contributed by atoms with Crippen molar-refractivity contribution in [2.45, 2.75) is 31.8 Å². The fourth-order valence-electron chi connectivity index (χ4n) is 3.98. The second-order valence-electron chi connectivity index (χ2n) is 6.46. The van der Waals surface area contributed by atoms with Crippen molar-refractivity contribution in [3.05, 3.63) is 23.2 Å². The van der Waals surface area contributed by atoms with Gasteiger partial charge in [0.2, 0.25) is 5.88 Å². The maximum Gasteiger partial charge on any atom is 0.270 e. The Morgan fingerprint density at radius 2 is 2.22 bits per heavy atom. The van der Waals surface area contributed by atoms with Crippen LogP contribution in [0.1, 0.15) is 30.3 Å². The van der Waals surface area contributed by atoms with Gasteiger partial charge in [-0.05, 0) is 56.3 Å². The van der Waals surface area contributed by atoms with Crippen LogP contribution in [0.25, 0.3) is 10.1 Å². The molecule has 3 saturated heterocycles. The summed E-state index contributed by atoms with van der Waals surface area (Å²) in [4.78, 5) is 19.6. The minimum Gasteiger partial charge on any atom is -0.481 e. The van der Waals surface area contributed by atoms with E-state index < -0.39 is 0 Å². The van der Waals surface area contributed by atoms with Gasteiger partial charge in [-0.2, -0.15) is 0 Å². The van der Waals surface area contributed by atoms with E-state index in [1.165, 1.54) is 12.8 Å². The highest BCUT2D eigenvalue weighted by Crippen LogP contribution is 2.33. The average molecular weight is 331 g/mol. The number of hydrogen-bond acceptors (Lipinski definition) is 5. The topological polar surface area (TPSA) is 54.5 Å². The molecule has 0 saturated carbocycles. The standard InChI is InChI=1S/C17H21N3O2S/c1-10-15(11-3-6-20(10)7-4-11)19-16(21)13-9-14-12(5-8-23-14)17(18-13)22-2/h5,8-11,15H,3-4,6-7H2,1-2H3,(H,19,21)/t10-,15+/m1/s1. The molecular weight excluding hydrogens is 310 g/mol. The van der Waals surface area contributed by atoms with Gasteiger partial charge in [0.1, 0.15) is 5.69 Å². The van der Waals surface area contributed by atoms with E-state index in [2.05, 4.69) is 22.1 Å². The van der Waals surface area contributed by atoms with Crippen LogP contribution in [0.3, 0.4) is 0 Å². The number of ether oxygens (including phenoxy) is 1. The fraction of sp³-hybridized carbons (Fsp3) is 0.529. The Morgan fingerprint density at radius 3 is 2.91 bits per heavy atom. The first-order valence-corrected chi connectivity index (χ1v) is 9.02. The van der Waals surface area contributed by atoms with Gasteiger partial charge in [0, 0.05) is 16.8 Å². The monoisotopic (exact) mass is 331 g/mol. The second kappa shape index (κ2) is 5.76. The summed E-state index contributed by atoms with van der Waals surface area (Å²) in [5.74, 6) is 1.02. The van der Waals surface area contributed by atoms with Crippen LogP contribution in [-0.4, -0.2) is 48.1 Å². The van der Waals surface area contributed by atoms with Crippen molar-refractivity contribution < 1.29 is 9.53 Å². The first-order chi connectivity index (χ1) is 11.2. The van der Waals surface area contributed by atoms with Gasteiger partial charge in [-0.15, -0.1) is 11.3 Å². The SMILES string of the molecule is COc1nc(C(=O)N[C@@H]2C3CCN(CC3)[C@@H]2C)cc2sccc12. The number of methoxy groups -OCH3 is 1. The molecule has 23 heavy (non-hydrogen) atoms. The summed E-state index contributed by atoms with van der Waals surface area (Å²) in [6, 6.07) is 4.46. The lowest BCUT2D eigenvalue weighted by atomic mass is 9.79. The summed E-state index contributed by atoms with van der Waals surface area (Å²) in [5.41, 5.74) is 0.445. The summed E-state index contributed by atoms with van der Waals surface area (Å²) in [7, 11) is 1.59. The van der Waals surface area contributed by atoms with E-state index in [-0.39, 0.29) is 11.9 Å². The van der Waals surface area contributed by atoms with Gasteiger partial charge in [-0.25, -0.2) is 4.98 Å². The predicted molar refractivity (Wildman–Crippen MR) is 91.2 cm³/mol. The number of rotatable bonds is 3. The van der Waals surface area contributed by atoms with Crippen LogP contribution in [0.5, 0.6) is 5.88 Å². The molecular formula is C17H21N3O2S. The molecule has 5 rings (SSSR count). The molecule has 6 heteroatoms. The lowest BCUT2D eigenvalue weighted by Crippen LogP contribution is -2.62. The van der Waals surface area contributed by atoms with Crippen molar-refractivity contribution in [1.29, 1.82) is 0 Å². The number of piperidine rings is 3. The maximum absolute atomic E-state index is 12.7. The largest absolute Gasteiger partial charge is 0.481 e. The average Bonchev–Trinajstić information content (AvgIpc) is 3.06. The molecule has 5 nitrogen and oxygen atoms in total. The zero-order valence-electron chi connectivity index (χ0n) is 13.4. The molecule has 1 amide bonds. The number of carbonyl (C=O) groups is 1. The van der Waals surface area contributed by atoms with Crippen molar-refractivity contribution >= 4 is 27.3 Å². The van der Waals surface area contributed by atoms with Crippen LogP contribution in [0.2, 0.25) is 0 Å². The van der Waals surface area contributed by atoms with Gasteiger partial charge in [-0.3, -0.25) is 9.69 Å². The second-order valence-corrected chi connectivity index (χ2v) is 7.41. The van der Waals surface area contributed by atoms with E-state index in [9.17, 15) is 4.79 Å². The van der Waals surface area contributed by atoms with Crippen LogP contribution >= 0.6 is 11.3 Å². The minimum absolute atomic E-state index is 0.0933. The van der Waals surface area contributed by atoms with Crippen LogP contribution in [0.4, 0.5) is 0 Å². The van der Waals surface area contributed by atoms with Crippen molar-refractivity contribution in [2.75, 3.05) is 20.2 Å². The third-order valence-electron chi connectivity index (χ3n) is 5.32. The zero-order valence-corrected chi connectivity index (χ0v) is 14.2. The minimum atomic E-state index is -0.0933. The van der Waals surface area contributed by atoms with E-state index >= 15 is 0 Å². The van der Waals surface area contributed by atoms with Crippen molar-refractivity contribution in [2.24, 2.45) is 5.92 Å².